The number of benzene rings is 3. The van der Waals surface area contributed by atoms with E-state index in [2.05, 4.69) is 47.8 Å². The van der Waals surface area contributed by atoms with Crippen molar-refractivity contribution in [1.29, 1.82) is 0 Å². The number of allylic oxidation sites excluding steroid dienone is 2. The van der Waals surface area contributed by atoms with Gasteiger partial charge < -0.3 is 5.32 Å². The van der Waals surface area contributed by atoms with E-state index in [1.165, 1.54) is 16.7 Å². The fourth-order valence-electron chi connectivity index (χ4n) is 4.64. The van der Waals surface area contributed by atoms with Crippen molar-refractivity contribution in [2.24, 2.45) is 5.92 Å². The van der Waals surface area contributed by atoms with E-state index >= 15 is 0 Å². The van der Waals surface area contributed by atoms with E-state index in [4.69, 9.17) is 0 Å². The molecule has 3 aromatic carbocycles. The van der Waals surface area contributed by atoms with Crippen molar-refractivity contribution in [3.05, 3.63) is 106 Å². The Bertz CT molecular complexity index is 1070. The number of hydrogen-bond donors (Lipinski definition) is 1. The Labute approximate surface area is 163 Å². The molecule has 138 valence electrons. The van der Waals surface area contributed by atoms with Gasteiger partial charge >= 0.3 is 0 Å². The standard InChI is InChI=1S/C24H20N2O2/c27-26(28)18-10-4-9-17(15-18)23-21-13-6-12-20(21)22-14-5-11-19(24(22)25-23)16-7-2-1-3-8-16/h1-12,14-15,20-21,23,25H,13H2/t20-,21+,23-/m0/s1. The Hall–Kier alpha value is -3.40. The highest BCUT2D eigenvalue weighted by Gasteiger charge is 2.39. The second-order valence-electron chi connectivity index (χ2n) is 7.46. The van der Waals surface area contributed by atoms with Crippen molar-refractivity contribution < 1.29 is 4.92 Å². The lowest BCUT2D eigenvalue weighted by molar-refractivity contribution is -0.384. The van der Waals surface area contributed by atoms with Crippen LogP contribution in [0.5, 0.6) is 0 Å². The Morgan fingerprint density at radius 3 is 2.61 bits per heavy atom. The Balaban J connectivity index is 1.64. The highest BCUT2D eigenvalue weighted by molar-refractivity contribution is 5.82. The van der Waals surface area contributed by atoms with Gasteiger partial charge in [-0.15, -0.1) is 0 Å². The Kier molecular flexibility index (Phi) is 3.97. The predicted octanol–water partition coefficient (Wildman–Crippen LogP) is 6.09. The maximum atomic E-state index is 11.3. The summed E-state index contributed by atoms with van der Waals surface area (Å²) in [5, 5.41) is 15.0. The van der Waals surface area contributed by atoms with Crippen LogP contribution in [0.25, 0.3) is 11.1 Å². The fourth-order valence-corrected chi connectivity index (χ4v) is 4.64. The minimum absolute atomic E-state index is 0.0391. The number of rotatable bonds is 3. The number of anilines is 1. The number of nitro groups is 1. The van der Waals surface area contributed by atoms with Gasteiger partial charge in [-0.25, -0.2) is 0 Å². The van der Waals surface area contributed by atoms with Crippen LogP contribution in [-0.2, 0) is 0 Å². The summed E-state index contributed by atoms with van der Waals surface area (Å²) in [7, 11) is 0. The van der Waals surface area contributed by atoms with Crippen molar-refractivity contribution >= 4 is 11.4 Å². The lowest BCUT2D eigenvalue weighted by Gasteiger charge is -2.38. The lowest BCUT2D eigenvalue weighted by atomic mass is 9.76. The van der Waals surface area contributed by atoms with Crippen molar-refractivity contribution in [1.82, 2.24) is 0 Å². The number of non-ortho nitro benzene ring substituents is 1. The van der Waals surface area contributed by atoms with E-state index in [1.54, 1.807) is 18.2 Å². The van der Waals surface area contributed by atoms with E-state index in [1.807, 2.05) is 24.3 Å². The summed E-state index contributed by atoms with van der Waals surface area (Å²) in [6.45, 7) is 0. The molecule has 5 rings (SSSR count). The van der Waals surface area contributed by atoms with Crippen molar-refractivity contribution in [2.75, 3.05) is 5.32 Å². The average Bonchev–Trinajstić information content (AvgIpc) is 3.23. The van der Waals surface area contributed by atoms with Crippen LogP contribution in [0.2, 0.25) is 0 Å². The quantitative estimate of drug-likeness (QED) is 0.346. The maximum absolute atomic E-state index is 11.3. The summed E-state index contributed by atoms with van der Waals surface area (Å²) in [5.41, 5.74) is 5.91. The number of para-hydroxylation sites is 1. The van der Waals surface area contributed by atoms with Crippen LogP contribution in [0.15, 0.2) is 84.9 Å². The number of hydrogen-bond acceptors (Lipinski definition) is 3. The van der Waals surface area contributed by atoms with Crippen molar-refractivity contribution in [3.8, 4) is 11.1 Å². The van der Waals surface area contributed by atoms with Gasteiger partial charge in [0.05, 0.1) is 11.0 Å². The molecule has 0 saturated carbocycles. The van der Waals surface area contributed by atoms with E-state index in [-0.39, 0.29) is 16.7 Å². The third-order valence-electron chi connectivity index (χ3n) is 5.92. The molecule has 0 amide bonds. The van der Waals surface area contributed by atoms with E-state index in [0.717, 1.165) is 17.7 Å². The molecule has 0 aromatic heterocycles. The van der Waals surface area contributed by atoms with E-state index < -0.39 is 0 Å². The monoisotopic (exact) mass is 368 g/mol. The molecule has 1 aliphatic carbocycles. The van der Waals surface area contributed by atoms with Gasteiger partial charge in [0.1, 0.15) is 0 Å². The van der Waals surface area contributed by atoms with Crippen LogP contribution >= 0.6 is 0 Å². The van der Waals surface area contributed by atoms with Crippen LogP contribution in [0.3, 0.4) is 0 Å². The molecule has 1 N–H and O–H groups in total. The molecular weight excluding hydrogens is 348 g/mol. The van der Waals surface area contributed by atoms with Crippen LogP contribution in [0.4, 0.5) is 11.4 Å². The van der Waals surface area contributed by atoms with Gasteiger partial charge in [0.15, 0.2) is 0 Å². The van der Waals surface area contributed by atoms with E-state index in [9.17, 15) is 10.1 Å². The van der Waals surface area contributed by atoms with Gasteiger partial charge in [0.2, 0.25) is 0 Å². The van der Waals surface area contributed by atoms with Gasteiger partial charge in [-0.2, -0.15) is 0 Å². The van der Waals surface area contributed by atoms with Gasteiger partial charge in [-0.05, 0) is 29.0 Å². The Morgan fingerprint density at radius 2 is 1.79 bits per heavy atom. The van der Waals surface area contributed by atoms with Gasteiger partial charge in [-0.3, -0.25) is 10.1 Å². The number of nitro benzene ring substituents is 1. The summed E-state index contributed by atoms with van der Waals surface area (Å²) < 4.78 is 0. The second-order valence-corrected chi connectivity index (χ2v) is 7.46. The molecule has 0 bridgehead atoms. The molecule has 1 heterocycles. The van der Waals surface area contributed by atoms with Crippen LogP contribution < -0.4 is 5.32 Å². The minimum Gasteiger partial charge on any atom is -0.377 e. The summed E-state index contributed by atoms with van der Waals surface area (Å²) in [4.78, 5) is 11.0. The SMILES string of the molecule is O=[N+]([O-])c1cccc([C@@H]2Nc3c(-c4ccccc4)cccc3[C@H]3C=CC[C@H]32)c1. The number of nitrogens with one attached hydrogen (secondary N) is 1. The average molecular weight is 368 g/mol. The summed E-state index contributed by atoms with van der Waals surface area (Å²) in [6, 6.07) is 23.9. The molecule has 0 radical (unpaired) electrons. The first-order valence-corrected chi connectivity index (χ1v) is 9.58. The molecule has 2 aliphatic rings. The molecule has 1 aliphatic heterocycles. The normalized spacial score (nSPS) is 22.2. The van der Waals surface area contributed by atoms with E-state index in [0.29, 0.717) is 11.8 Å². The highest BCUT2D eigenvalue weighted by Crippen LogP contribution is 2.52. The first kappa shape index (κ1) is 16.8. The summed E-state index contributed by atoms with van der Waals surface area (Å²) >= 11 is 0. The molecule has 3 atom stereocenters. The van der Waals surface area contributed by atoms with Crippen molar-refractivity contribution in [2.45, 2.75) is 18.4 Å². The first-order chi connectivity index (χ1) is 13.7. The van der Waals surface area contributed by atoms with Gasteiger partial charge in [-0.1, -0.05) is 72.8 Å². The van der Waals surface area contributed by atoms with Gasteiger partial charge in [0.25, 0.3) is 5.69 Å². The third-order valence-corrected chi connectivity index (χ3v) is 5.92. The summed E-state index contributed by atoms with van der Waals surface area (Å²) in [5.74, 6) is 0.685. The largest absolute Gasteiger partial charge is 0.377 e. The molecule has 4 nitrogen and oxygen atoms in total. The summed E-state index contributed by atoms with van der Waals surface area (Å²) in [6.07, 6.45) is 5.51. The highest BCUT2D eigenvalue weighted by atomic mass is 16.6. The van der Waals surface area contributed by atoms with Crippen LogP contribution in [0.1, 0.15) is 29.5 Å². The topological polar surface area (TPSA) is 55.2 Å². The zero-order chi connectivity index (χ0) is 19.1. The zero-order valence-corrected chi connectivity index (χ0v) is 15.3. The van der Waals surface area contributed by atoms with Crippen LogP contribution in [-0.4, -0.2) is 4.92 Å². The maximum Gasteiger partial charge on any atom is 0.269 e. The minimum atomic E-state index is -0.319. The fraction of sp³-hybridized carbons (Fsp3) is 0.167. The molecule has 3 aromatic rings. The molecular formula is C24H20N2O2. The number of nitrogens with zero attached hydrogens (tertiary/aromatic N) is 1. The Morgan fingerprint density at radius 1 is 0.964 bits per heavy atom. The van der Waals surface area contributed by atoms with Crippen molar-refractivity contribution in [3.63, 3.8) is 0 Å². The first-order valence-electron chi connectivity index (χ1n) is 9.58. The second kappa shape index (κ2) is 6.64. The molecule has 28 heavy (non-hydrogen) atoms. The van der Waals surface area contributed by atoms with Crippen LogP contribution in [0, 0.1) is 16.0 Å². The molecule has 0 fully saturated rings. The predicted molar refractivity (Wildman–Crippen MR) is 111 cm³/mol. The number of fused-ring (bicyclic) bond motifs is 3. The smallest absolute Gasteiger partial charge is 0.269 e. The molecule has 0 unspecified atom stereocenters. The van der Waals surface area contributed by atoms with Gasteiger partial charge in [0, 0.05) is 29.3 Å². The zero-order valence-electron chi connectivity index (χ0n) is 15.3. The molecule has 4 heteroatoms. The third kappa shape index (κ3) is 2.69. The molecule has 0 spiro atoms. The lowest BCUT2D eigenvalue weighted by Crippen LogP contribution is -2.29. The molecule has 0 saturated heterocycles.